The number of carbonyl (C=O) groups excluding carboxylic acids is 2. The highest BCUT2D eigenvalue weighted by molar-refractivity contribution is 6.74. The zero-order chi connectivity index (χ0) is 20.9. The zero-order valence-electron chi connectivity index (χ0n) is 16.2. The summed E-state index contributed by atoms with van der Waals surface area (Å²) in [6.07, 6.45) is -2.61. The van der Waals surface area contributed by atoms with E-state index in [1.165, 1.54) is 6.08 Å². The molecule has 1 rings (SSSR count). The predicted octanol–water partition coefficient (Wildman–Crippen LogP) is 4.49. The third-order valence-corrected chi connectivity index (χ3v) is 9.04. The van der Waals surface area contributed by atoms with E-state index in [2.05, 4.69) is 0 Å². The van der Waals surface area contributed by atoms with Gasteiger partial charge in [0.2, 0.25) is 0 Å². The van der Waals surface area contributed by atoms with Gasteiger partial charge >= 0.3 is 12.1 Å². The average Bonchev–Trinajstić information content (AvgIpc) is 2.55. The molecular weight excluding hydrogens is 375 g/mol. The summed E-state index contributed by atoms with van der Waals surface area (Å²) in [5, 5.41) is 1.74. The Balaban J connectivity index is 2.92. The molecule has 150 valence electrons. The van der Waals surface area contributed by atoms with Crippen molar-refractivity contribution in [1.29, 1.82) is 0 Å². The van der Waals surface area contributed by atoms with Crippen molar-refractivity contribution in [2.24, 2.45) is 0 Å². The minimum atomic E-state index is -5.01. The van der Waals surface area contributed by atoms with Crippen molar-refractivity contribution in [3.05, 3.63) is 48.0 Å². The summed E-state index contributed by atoms with van der Waals surface area (Å²) in [6.45, 7) is 9.76. The summed E-state index contributed by atoms with van der Waals surface area (Å²) in [7, 11) is -2.24. The fourth-order valence-corrected chi connectivity index (χ4v) is 2.84. The molecule has 1 amide bonds. The molecule has 0 fully saturated rings. The highest BCUT2D eigenvalue weighted by Gasteiger charge is 2.41. The largest absolute Gasteiger partial charge is 0.471 e. The summed E-state index contributed by atoms with van der Waals surface area (Å²) in [4.78, 5) is 23.5. The van der Waals surface area contributed by atoms with Gasteiger partial charge in [-0.1, -0.05) is 57.2 Å². The molecule has 8 heteroatoms. The van der Waals surface area contributed by atoms with E-state index in [1.54, 1.807) is 30.3 Å². The number of alkyl halides is 3. The van der Waals surface area contributed by atoms with Crippen molar-refractivity contribution >= 4 is 20.0 Å². The number of nitrogens with one attached hydrogen (secondary N) is 1. The van der Waals surface area contributed by atoms with Crippen LogP contribution in [0.25, 0.3) is 0 Å². The van der Waals surface area contributed by atoms with Crippen LogP contribution in [0.3, 0.4) is 0 Å². The lowest BCUT2D eigenvalue weighted by Gasteiger charge is -2.37. The highest BCUT2D eigenvalue weighted by Crippen LogP contribution is 2.36. The first kappa shape index (κ1) is 23.1. The molecule has 0 aromatic heterocycles. The lowest BCUT2D eigenvalue weighted by atomic mass is 10.1. The van der Waals surface area contributed by atoms with Gasteiger partial charge in [0, 0.05) is 5.56 Å². The summed E-state index contributed by atoms with van der Waals surface area (Å²) in [5.41, 5.74) is 0.403. The van der Waals surface area contributed by atoms with Crippen molar-refractivity contribution < 1.29 is 27.2 Å². The number of ketones is 1. The first-order valence-electron chi connectivity index (χ1n) is 8.53. The molecule has 0 saturated carbocycles. The summed E-state index contributed by atoms with van der Waals surface area (Å²) >= 11 is 0. The predicted molar refractivity (Wildman–Crippen MR) is 101 cm³/mol. The van der Waals surface area contributed by atoms with E-state index in [4.69, 9.17) is 4.43 Å². The molecule has 1 aromatic rings. The molecule has 1 atom stereocenters. The summed E-state index contributed by atoms with van der Waals surface area (Å²) in [6, 6.07) is 7.25. The molecule has 0 radical (unpaired) electrons. The molecule has 0 spiro atoms. The molecule has 1 N–H and O–H groups in total. The zero-order valence-corrected chi connectivity index (χ0v) is 17.2. The second kappa shape index (κ2) is 8.84. The van der Waals surface area contributed by atoms with Crippen LogP contribution in [0.5, 0.6) is 0 Å². The van der Waals surface area contributed by atoms with Gasteiger partial charge in [-0.3, -0.25) is 9.59 Å². The molecule has 0 saturated heterocycles. The molecule has 4 nitrogen and oxygen atoms in total. The fourth-order valence-electron chi connectivity index (χ4n) is 1.81. The molecule has 1 aromatic carbocycles. The van der Waals surface area contributed by atoms with E-state index in [-0.39, 0.29) is 17.4 Å². The van der Waals surface area contributed by atoms with Crippen molar-refractivity contribution in [2.45, 2.75) is 51.1 Å². The van der Waals surface area contributed by atoms with Crippen LogP contribution in [-0.2, 0) is 9.22 Å². The first-order valence-corrected chi connectivity index (χ1v) is 11.4. The second-order valence-electron chi connectivity index (χ2n) is 7.74. The van der Waals surface area contributed by atoms with E-state index >= 15 is 0 Å². The number of rotatable bonds is 7. The van der Waals surface area contributed by atoms with Gasteiger partial charge in [-0.05, 0) is 24.2 Å². The van der Waals surface area contributed by atoms with Gasteiger partial charge in [0.1, 0.15) is 0 Å². The minimum absolute atomic E-state index is 0.142. The third kappa shape index (κ3) is 7.30. The van der Waals surface area contributed by atoms with E-state index in [0.29, 0.717) is 5.56 Å². The van der Waals surface area contributed by atoms with Gasteiger partial charge in [-0.2, -0.15) is 13.2 Å². The molecule has 0 heterocycles. The fraction of sp³-hybridized carbons (Fsp3) is 0.474. The van der Waals surface area contributed by atoms with Crippen LogP contribution in [0, 0.1) is 0 Å². The molecule has 0 aliphatic heterocycles. The van der Waals surface area contributed by atoms with Gasteiger partial charge in [-0.15, -0.1) is 0 Å². The SMILES string of the molecule is CC(C)(C)[Si](C)(C)OCC(C=CC(=O)c1ccccc1)NC(=O)C(F)(F)F. The highest BCUT2D eigenvalue weighted by atomic mass is 28.4. The maximum Gasteiger partial charge on any atom is 0.471 e. The maximum absolute atomic E-state index is 12.6. The van der Waals surface area contributed by atoms with Gasteiger partial charge in [0.25, 0.3) is 0 Å². The lowest BCUT2D eigenvalue weighted by Crippen LogP contribution is -2.48. The van der Waals surface area contributed by atoms with Gasteiger partial charge in [-0.25, -0.2) is 0 Å². The van der Waals surface area contributed by atoms with Crippen LogP contribution in [0.15, 0.2) is 42.5 Å². The van der Waals surface area contributed by atoms with E-state index in [1.807, 2.05) is 39.2 Å². The molecular formula is C19H26F3NO3Si. The number of benzene rings is 1. The number of amides is 1. The Morgan fingerprint density at radius 2 is 1.70 bits per heavy atom. The second-order valence-corrected chi connectivity index (χ2v) is 12.5. The quantitative estimate of drug-likeness (QED) is 0.416. The molecule has 0 aliphatic carbocycles. The Bertz CT molecular complexity index is 680. The normalized spacial score (nSPS) is 14.2. The van der Waals surface area contributed by atoms with Crippen LogP contribution in [0.2, 0.25) is 18.1 Å². The van der Waals surface area contributed by atoms with E-state index < -0.39 is 26.4 Å². The molecule has 27 heavy (non-hydrogen) atoms. The van der Waals surface area contributed by atoms with Crippen LogP contribution in [0.1, 0.15) is 31.1 Å². The van der Waals surface area contributed by atoms with Crippen molar-refractivity contribution in [1.82, 2.24) is 5.32 Å². The summed E-state index contributed by atoms with van der Waals surface area (Å²) in [5.74, 6) is -2.43. The number of hydrogen-bond donors (Lipinski definition) is 1. The van der Waals surface area contributed by atoms with Crippen molar-refractivity contribution in [2.75, 3.05) is 6.61 Å². The average molecular weight is 402 g/mol. The Morgan fingerprint density at radius 1 is 1.15 bits per heavy atom. The van der Waals surface area contributed by atoms with Gasteiger partial charge in [0.05, 0.1) is 12.6 Å². The molecule has 1 unspecified atom stereocenters. The van der Waals surface area contributed by atoms with Crippen LogP contribution in [-0.4, -0.2) is 38.8 Å². The van der Waals surface area contributed by atoms with Crippen molar-refractivity contribution in [3.8, 4) is 0 Å². The Morgan fingerprint density at radius 3 is 2.19 bits per heavy atom. The number of hydrogen-bond acceptors (Lipinski definition) is 3. The van der Waals surface area contributed by atoms with Crippen LogP contribution >= 0.6 is 0 Å². The van der Waals surface area contributed by atoms with E-state index in [0.717, 1.165) is 6.08 Å². The number of carbonyl (C=O) groups is 2. The third-order valence-electron chi connectivity index (χ3n) is 4.54. The number of allylic oxidation sites excluding steroid dienone is 1. The van der Waals surface area contributed by atoms with Crippen LogP contribution < -0.4 is 5.32 Å². The maximum atomic E-state index is 12.6. The van der Waals surface area contributed by atoms with Crippen LogP contribution in [0.4, 0.5) is 13.2 Å². The lowest BCUT2D eigenvalue weighted by molar-refractivity contribution is -0.174. The van der Waals surface area contributed by atoms with Gasteiger partial charge in [0.15, 0.2) is 14.1 Å². The summed E-state index contributed by atoms with van der Waals surface area (Å²) < 4.78 is 43.7. The molecule has 0 aliphatic rings. The monoisotopic (exact) mass is 401 g/mol. The standard InChI is InChI=1S/C19H26F3NO3Si/c1-18(2,3)27(4,5)26-13-15(23-17(25)19(20,21)22)11-12-16(24)14-9-7-6-8-10-14/h6-12,15H,13H2,1-5H3,(H,23,25). The van der Waals surface area contributed by atoms with Crippen molar-refractivity contribution in [3.63, 3.8) is 0 Å². The Kier molecular flexibility index (Phi) is 7.56. The topological polar surface area (TPSA) is 55.4 Å². The number of halogens is 3. The minimum Gasteiger partial charge on any atom is -0.414 e. The van der Waals surface area contributed by atoms with Gasteiger partial charge < -0.3 is 9.74 Å². The first-order chi connectivity index (χ1) is 12.2. The Labute approximate surface area is 158 Å². The van der Waals surface area contributed by atoms with E-state index in [9.17, 15) is 22.8 Å². The Hall–Kier alpha value is -1.93. The smallest absolute Gasteiger partial charge is 0.414 e. The molecule has 0 bridgehead atoms.